The summed E-state index contributed by atoms with van der Waals surface area (Å²) in [4.78, 5) is 12.2. The van der Waals surface area contributed by atoms with E-state index in [1.165, 1.54) is 0 Å². The van der Waals surface area contributed by atoms with Crippen LogP contribution in [0, 0.1) is 11.3 Å². The van der Waals surface area contributed by atoms with Crippen molar-refractivity contribution in [3.05, 3.63) is 11.8 Å². The second-order valence-electron chi connectivity index (χ2n) is 6.22. The van der Waals surface area contributed by atoms with Crippen LogP contribution in [0.5, 0.6) is 0 Å². The number of nitrogens with zero attached hydrogens (tertiary/aromatic N) is 1. The molecule has 5 heteroatoms. The van der Waals surface area contributed by atoms with Gasteiger partial charge in [0.2, 0.25) is 5.91 Å². The molecule has 1 spiro atoms. The Bertz CT molecular complexity index is 474. The number of hydrogen-bond acceptors (Lipinski definition) is 3. The lowest BCUT2D eigenvalue weighted by atomic mass is 9.92. The minimum absolute atomic E-state index is 0.142. The van der Waals surface area contributed by atoms with Crippen LogP contribution in [0.2, 0.25) is 0 Å². The number of H-pyrrole nitrogens is 1. The van der Waals surface area contributed by atoms with E-state index in [4.69, 9.17) is 0 Å². The number of anilines is 1. The van der Waals surface area contributed by atoms with Crippen LogP contribution in [0.25, 0.3) is 0 Å². The molecule has 3 rings (SSSR count). The third-order valence-corrected chi connectivity index (χ3v) is 4.58. The maximum Gasteiger partial charge on any atom is 0.229 e. The van der Waals surface area contributed by atoms with Crippen molar-refractivity contribution < 1.29 is 4.79 Å². The fourth-order valence-electron chi connectivity index (χ4n) is 3.11. The zero-order valence-corrected chi connectivity index (χ0v) is 11.6. The first-order valence-electron chi connectivity index (χ1n) is 7.18. The summed E-state index contributed by atoms with van der Waals surface area (Å²) in [6, 6.07) is 1.93. The largest absolute Gasteiger partial charge is 0.317 e. The van der Waals surface area contributed by atoms with E-state index in [0.717, 1.165) is 38.0 Å². The van der Waals surface area contributed by atoms with Crippen molar-refractivity contribution in [3.8, 4) is 0 Å². The Kier molecular flexibility index (Phi) is 3.09. The average Bonchev–Trinajstić information content (AvgIpc) is 2.86. The molecule has 104 valence electrons. The molecule has 2 heterocycles. The van der Waals surface area contributed by atoms with Crippen LogP contribution in [-0.2, 0) is 4.79 Å². The van der Waals surface area contributed by atoms with Crippen LogP contribution in [0.4, 0.5) is 5.82 Å². The first-order valence-corrected chi connectivity index (χ1v) is 7.18. The molecular formula is C14H22N4O. The third-order valence-electron chi connectivity index (χ3n) is 4.58. The lowest BCUT2D eigenvalue weighted by Crippen LogP contribution is -2.31. The van der Waals surface area contributed by atoms with E-state index in [2.05, 4.69) is 34.7 Å². The van der Waals surface area contributed by atoms with E-state index in [-0.39, 0.29) is 17.2 Å². The van der Waals surface area contributed by atoms with Gasteiger partial charge >= 0.3 is 0 Å². The van der Waals surface area contributed by atoms with E-state index in [1.54, 1.807) is 0 Å². The van der Waals surface area contributed by atoms with Crippen molar-refractivity contribution in [1.82, 2.24) is 15.5 Å². The summed E-state index contributed by atoms with van der Waals surface area (Å²) in [6.07, 6.45) is 3.30. The highest BCUT2D eigenvalue weighted by Crippen LogP contribution is 2.58. The Hall–Kier alpha value is -1.36. The number of rotatable bonds is 3. The minimum atomic E-state index is 0.142. The van der Waals surface area contributed by atoms with Crippen molar-refractivity contribution in [2.24, 2.45) is 11.3 Å². The van der Waals surface area contributed by atoms with Gasteiger partial charge in [-0.05, 0) is 43.7 Å². The second kappa shape index (κ2) is 4.63. The summed E-state index contributed by atoms with van der Waals surface area (Å²) >= 11 is 0. The molecule has 1 amide bonds. The van der Waals surface area contributed by atoms with Crippen LogP contribution in [0.15, 0.2) is 6.07 Å². The van der Waals surface area contributed by atoms with Crippen molar-refractivity contribution >= 4 is 11.7 Å². The van der Waals surface area contributed by atoms with Gasteiger partial charge in [0.25, 0.3) is 0 Å². The quantitative estimate of drug-likeness (QED) is 0.778. The Morgan fingerprint density at radius 3 is 2.84 bits per heavy atom. The molecule has 0 bridgehead atoms. The van der Waals surface area contributed by atoms with Crippen LogP contribution >= 0.6 is 0 Å². The summed E-state index contributed by atoms with van der Waals surface area (Å²) in [5.41, 5.74) is 1.34. The van der Waals surface area contributed by atoms with Gasteiger partial charge < -0.3 is 10.6 Å². The van der Waals surface area contributed by atoms with Crippen molar-refractivity contribution in [2.75, 3.05) is 18.4 Å². The highest BCUT2D eigenvalue weighted by molar-refractivity contribution is 5.94. The molecular weight excluding hydrogens is 240 g/mol. The van der Waals surface area contributed by atoms with Crippen LogP contribution < -0.4 is 10.6 Å². The number of piperidine rings is 1. The molecule has 1 aromatic heterocycles. The van der Waals surface area contributed by atoms with Crippen LogP contribution in [0.3, 0.4) is 0 Å². The topological polar surface area (TPSA) is 69.8 Å². The Labute approximate surface area is 113 Å². The van der Waals surface area contributed by atoms with Crippen molar-refractivity contribution in [3.63, 3.8) is 0 Å². The zero-order valence-electron chi connectivity index (χ0n) is 11.6. The summed E-state index contributed by atoms with van der Waals surface area (Å²) in [5.74, 6) is 1.39. The number of carbonyl (C=O) groups excluding carboxylic acids is 1. The molecule has 1 saturated heterocycles. The minimum Gasteiger partial charge on any atom is -0.317 e. The summed E-state index contributed by atoms with van der Waals surface area (Å²) in [7, 11) is 0. The third kappa shape index (κ3) is 2.39. The van der Waals surface area contributed by atoms with Crippen molar-refractivity contribution in [1.29, 1.82) is 0 Å². The molecule has 0 radical (unpaired) electrons. The van der Waals surface area contributed by atoms with E-state index < -0.39 is 0 Å². The molecule has 1 aromatic rings. The van der Waals surface area contributed by atoms with Gasteiger partial charge in [0.15, 0.2) is 5.82 Å². The Morgan fingerprint density at radius 1 is 1.47 bits per heavy atom. The van der Waals surface area contributed by atoms with Gasteiger partial charge in [-0.1, -0.05) is 13.8 Å². The van der Waals surface area contributed by atoms with Gasteiger partial charge in [-0.2, -0.15) is 5.10 Å². The fourth-order valence-corrected chi connectivity index (χ4v) is 3.11. The molecule has 19 heavy (non-hydrogen) atoms. The molecule has 2 fully saturated rings. The van der Waals surface area contributed by atoms with Gasteiger partial charge in [-0.25, -0.2) is 0 Å². The van der Waals surface area contributed by atoms with Gasteiger partial charge in [-0.3, -0.25) is 9.89 Å². The molecule has 5 nitrogen and oxygen atoms in total. The maximum atomic E-state index is 12.2. The fraction of sp³-hybridized carbons (Fsp3) is 0.714. The molecule has 1 atom stereocenters. The standard InChI is InChI=1S/C14H22N4O/c1-9(2)11-7-12(18-17-11)16-13(19)10-8-14(10)3-5-15-6-4-14/h7,9-10,15H,3-6,8H2,1-2H3,(H2,16,17,18,19). The lowest BCUT2D eigenvalue weighted by Gasteiger charge is -2.23. The molecule has 1 aliphatic carbocycles. The van der Waals surface area contributed by atoms with Gasteiger partial charge in [0.05, 0.1) is 0 Å². The molecule has 1 aliphatic heterocycles. The van der Waals surface area contributed by atoms with E-state index in [1.807, 2.05) is 6.07 Å². The van der Waals surface area contributed by atoms with E-state index in [9.17, 15) is 4.79 Å². The molecule has 2 aliphatic rings. The Morgan fingerprint density at radius 2 is 2.21 bits per heavy atom. The van der Waals surface area contributed by atoms with Gasteiger partial charge in [0.1, 0.15) is 0 Å². The van der Waals surface area contributed by atoms with Crippen LogP contribution in [0.1, 0.15) is 44.7 Å². The van der Waals surface area contributed by atoms with E-state index >= 15 is 0 Å². The first kappa shape index (κ1) is 12.7. The summed E-state index contributed by atoms with van der Waals surface area (Å²) in [5, 5.41) is 13.4. The predicted molar refractivity (Wildman–Crippen MR) is 74.0 cm³/mol. The predicted octanol–water partition coefficient (Wildman–Crippen LogP) is 1.86. The smallest absolute Gasteiger partial charge is 0.229 e. The number of amides is 1. The normalized spacial score (nSPS) is 24.7. The molecule has 1 unspecified atom stereocenters. The molecule has 3 N–H and O–H groups in total. The number of aromatic amines is 1. The monoisotopic (exact) mass is 262 g/mol. The SMILES string of the molecule is CC(C)c1cc(NC(=O)C2CC23CCNCC3)n[nH]1. The zero-order chi connectivity index (χ0) is 13.5. The lowest BCUT2D eigenvalue weighted by molar-refractivity contribution is -0.118. The number of carbonyl (C=O) groups is 1. The summed E-state index contributed by atoms with van der Waals surface area (Å²) < 4.78 is 0. The molecule has 0 aromatic carbocycles. The van der Waals surface area contributed by atoms with Crippen LogP contribution in [-0.4, -0.2) is 29.2 Å². The summed E-state index contributed by atoms with van der Waals surface area (Å²) in [6.45, 7) is 6.29. The average molecular weight is 262 g/mol. The first-order chi connectivity index (χ1) is 9.11. The molecule has 1 saturated carbocycles. The maximum absolute atomic E-state index is 12.2. The second-order valence-corrected chi connectivity index (χ2v) is 6.22. The van der Waals surface area contributed by atoms with Gasteiger partial charge in [-0.15, -0.1) is 0 Å². The number of aromatic nitrogens is 2. The van der Waals surface area contributed by atoms with E-state index in [0.29, 0.717) is 11.7 Å². The Balaban J connectivity index is 1.60. The number of nitrogens with one attached hydrogen (secondary N) is 3. The number of hydrogen-bond donors (Lipinski definition) is 3. The highest BCUT2D eigenvalue weighted by atomic mass is 16.2. The highest BCUT2D eigenvalue weighted by Gasteiger charge is 2.57. The van der Waals surface area contributed by atoms with Gasteiger partial charge in [0, 0.05) is 17.7 Å². The van der Waals surface area contributed by atoms with Crippen molar-refractivity contribution in [2.45, 2.75) is 39.0 Å².